The number of hydrogen-bond acceptors (Lipinski definition) is 2. The molecule has 104 valence electrons. The smallest absolute Gasteiger partial charge is 0.164 e. The summed E-state index contributed by atoms with van der Waals surface area (Å²) in [4.78, 5) is 12.3. The minimum atomic E-state index is 0.0621. The van der Waals surface area contributed by atoms with Crippen molar-refractivity contribution in [2.75, 3.05) is 0 Å². The van der Waals surface area contributed by atoms with Crippen LogP contribution in [0.5, 0.6) is 0 Å². The summed E-state index contributed by atoms with van der Waals surface area (Å²) < 4.78 is 0. The molecular formula is C17H20N2O. The zero-order valence-electron chi connectivity index (χ0n) is 11.6. The van der Waals surface area contributed by atoms with Gasteiger partial charge in [-0.1, -0.05) is 49.6 Å². The van der Waals surface area contributed by atoms with Crippen LogP contribution >= 0.6 is 0 Å². The number of carbonyl (C=O) groups excluding carboxylic acids is 1. The molecule has 1 fully saturated rings. The lowest BCUT2D eigenvalue weighted by molar-refractivity contribution is -0.114. The van der Waals surface area contributed by atoms with Gasteiger partial charge in [0.1, 0.15) is 5.84 Å². The normalized spacial score (nSPS) is 21.0. The summed E-state index contributed by atoms with van der Waals surface area (Å²) in [6, 6.07) is 7.44. The minimum Gasteiger partial charge on any atom is -0.384 e. The molecule has 0 unspecified atom stereocenters. The molecule has 0 saturated heterocycles. The third-order valence-corrected chi connectivity index (χ3v) is 4.62. The van der Waals surface area contributed by atoms with E-state index in [2.05, 4.69) is 6.08 Å². The van der Waals surface area contributed by atoms with E-state index in [1.807, 2.05) is 24.3 Å². The van der Waals surface area contributed by atoms with E-state index >= 15 is 0 Å². The monoisotopic (exact) mass is 268 g/mol. The van der Waals surface area contributed by atoms with Gasteiger partial charge in [-0.3, -0.25) is 10.2 Å². The highest BCUT2D eigenvalue weighted by Crippen LogP contribution is 2.47. The molecule has 0 aliphatic heterocycles. The molecule has 20 heavy (non-hydrogen) atoms. The number of nitrogens with two attached hydrogens (primary N) is 1. The van der Waals surface area contributed by atoms with Crippen LogP contribution in [0.15, 0.2) is 30.3 Å². The van der Waals surface area contributed by atoms with Crippen LogP contribution in [0.1, 0.15) is 49.7 Å². The number of carbonyl (C=O) groups is 1. The van der Waals surface area contributed by atoms with E-state index in [1.165, 1.54) is 19.3 Å². The lowest BCUT2D eigenvalue weighted by Gasteiger charge is -2.30. The van der Waals surface area contributed by atoms with Crippen LogP contribution in [0.25, 0.3) is 5.57 Å². The Balaban J connectivity index is 1.90. The van der Waals surface area contributed by atoms with Crippen molar-refractivity contribution in [3.05, 3.63) is 41.5 Å². The fourth-order valence-corrected chi connectivity index (χ4v) is 3.50. The van der Waals surface area contributed by atoms with Crippen molar-refractivity contribution in [3.8, 4) is 0 Å². The van der Waals surface area contributed by atoms with Crippen LogP contribution in [0.2, 0.25) is 0 Å². The molecule has 1 aromatic rings. The topological polar surface area (TPSA) is 66.9 Å². The first-order chi connectivity index (χ1) is 9.60. The van der Waals surface area contributed by atoms with Crippen LogP contribution in [0.3, 0.4) is 0 Å². The quantitative estimate of drug-likeness (QED) is 0.638. The van der Waals surface area contributed by atoms with E-state index in [1.54, 1.807) is 0 Å². The summed E-state index contributed by atoms with van der Waals surface area (Å²) in [5.74, 6) is 0.328. The van der Waals surface area contributed by atoms with Crippen molar-refractivity contribution >= 4 is 17.2 Å². The Hall–Kier alpha value is -1.90. The number of hydrogen-bond donors (Lipinski definition) is 2. The first-order valence-corrected chi connectivity index (χ1v) is 7.31. The molecule has 0 atom stereocenters. The molecule has 3 rings (SSSR count). The maximum atomic E-state index is 12.3. The zero-order chi connectivity index (χ0) is 14.2. The Bertz CT molecular complexity index is 578. The van der Waals surface area contributed by atoms with Crippen molar-refractivity contribution in [1.29, 1.82) is 5.41 Å². The molecule has 2 aliphatic carbocycles. The summed E-state index contributed by atoms with van der Waals surface area (Å²) in [5.41, 5.74) is 8.11. The van der Waals surface area contributed by atoms with Gasteiger partial charge in [0, 0.05) is 17.6 Å². The van der Waals surface area contributed by atoms with E-state index < -0.39 is 0 Å². The van der Waals surface area contributed by atoms with Crippen molar-refractivity contribution < 1.29 is 4.79 Å². The second-order valence-corrected chi connectivity index (χ2v) is 6.07. The van der Waals surface area contributed by atoms with Crippen LogP contribution in [-0.4, -0.2) is 11.6 Å². The van der Waals surface area contributed by atoms with E-state index in [-0.39, 0.29) is 17.0 Å². The minimum absolute atomic E-state index is 0.0621. The van der Waals surface area contributed by atoms with E-state index in [0.29, 0.717) is 12.0 Å². The van der Waals surface area contributed by atoms with Gasteiger partial charge in [-0.15, -0.1) is 0 Å². The molecule has 0 aromatic heterocycles. The lowest BCUT2D eigenvalue weighted by Crippen LogP contribution is -2.20. The first-order valence-electron chi connectivity index (χ1n) is 7.31. The van der Waals surface area contributed by atoms with E-state index in [4.69, 9.17) is 11.1 Å². The summed E-state index contributed by atoms with van der Waals surface area (Å²) in [7, 11) is 0. The number of ketones is 1. The highest BCUT2D eigenvalue weighted by Gasteiger charge is 2.39. The van der Waals surface area contributed by atoms with E-state index in [0.717, 1.165) is 24.0 Å². The number of Topliss-reactive ketones (excluding diaryl/α,β-unsaturated/α-hetero) is 1. The Labute approximate surface area is 119 Å². The standard InChI is InChI=1S/C17H20N2O/c18-16(19)13-6-4-12(5-7-13)14-10-17(11-15(14)20)8-2-1-3-9-17/h4-7,10H,1-3,8-9,11H2,(H3,18,19). The van der Waals surface area contributed by atoms with Crippen molar-refractivity contribution in [2.24, 2.45) is 11.1 Å². The number of benzene rings is 1. The van der Waals surface area contributed by atoms with Gasteiger partial charge in [-0.2, -0.15) is 0 Å². The fourth-order valence-electron chi connectivity index (χ4n) is 3.50. The van der Waals surface area contributed by atoms with E-state index in [9.17, 15) is 4.79 Å². The molecule has 0 amide bonds. The molecule has 0 bridgehead atoms. The molecule has 3 nitrogen and oxygen atoms in total. The maximum Gasteiger partial charge on any atom is 0.164 e. The van der Waals surface area contributed by atoms with Crippen LogP contribution in [-0.2, 0) is 4.79 Å². The molecule has 2 aliphatic rings. The Morgan fingerprint density at radius 3 is 2.35 bits per heavy atom. The van der Waals surface area contributed by atoms with Gasteiger partial charge in [-0.25, -0.2) is 0 Å². The molecule has 0 radical (unpaired) electrons. The van der Waals surface area contributed by atoms with Gasteiger partial charge >= 0.3 is 0 Å². The number of nitrogens with one attached hydrogen (secondary N) is 1. The average molecular weight is 268 g/mol. The predicted molar refractivity (Wildman–Crippen MR) is 80.6 cm³/mol. The Morgan fingerprint density at radius 1 is 1.10 bits per heavy atom. The molecule has 3 N–H and O–H groups in total. The third-order valence-electron chi connectivity index (χ3n) is 4.62. The van der Waals surface area contributed by atoms with Gasteiger partial charge in [0.05, 0.1) is 0 Å². The highest BCUT2D eigenvalue weighted by atomic mass is 16.1. The average Bonchev–Trinajstić information content (AvgIpc) is 2.76. The largest absolute Gasteiger partial charge is 0.384 e. The van der Waals surface area contributed by atoms with Crippen molar-refractivity contribution in [2.45, 2.75) is 38.5 Å². The van der Waals surface area contributed by atoms with Crippen molar-refractivity contribution in [1.82, 2.24) is 0 Å². The number of nitrogen functional groups attached to an aromatic ring is 1. The summed E-state index contributed by atoms with van der Waals surface area (Å²) in [6.07, 6.45) is 8.96. The predicted octanol–water partition coefficient (Wildman–Crippen LogP) is 3.28. The molecule has 1 spiro atoms. The Morgan fingerprint density at radius 2 is 1.75 bits per heavy atom. The van der Waals surface area contributed by atoms with Gasteiger partial charge < -0.3 is 5.73 Å². The highest BCUT2D eigenvalue weighted by molar-refractivity contribution is 6.23. The second kappa shape index (κ2) is 4.89. The van der Waals surface area contributed by atoms with Crippen molar-refractivity contribution in [3.63, 3.8) is 0 Å². The van der Waals surface area contributed by atoms with Crippen LogP contribution in [0, 0.1) is 10.8 Å². The molecule has 3 heteroatoms. The summed E-state index contributed by atoms with van der Waals surface area (Å²) >= 11 is 0. The van der Waals surface area contributed by atoms with Gasteiger partial charge in [0.25, 0.3) is 0 Å². The second-order valence-electron chi connectivity index (χ2n) is 6.07. The first kappa shape index (κ1) is 13.1. The number of amidine groups is 1. The van der Waals surface area contributed by atoms with Gasteiger partial charge in [0.2, 0.25) is 0 Å². The van der Waals surface area contributed by atoms with Gasteiger partial charge in [0.15, 0.2) is 5.78 Å². The maximum absolute atomic E-state index is 12.3. The molecular weight excluding hydrogens is 248 g/mol. The van der Waals surface area contributed by atoms with Crippen LogP contribution in [0.4, 0.5) is 0 Å². The van der Waals surface area contributed by atoms with Crippen LogP contribution < -0.4 is 5.73 Å². The Kier molecular flexibility index (Phi) is 3.20. The number of allylic oxidation sites excluding steroid dienone is 2. The third kappa shape index (κ3) is 2.28. The SMILES string of the molecule is N=C(N)c1ccc(C2=CC3(CCCCC3)CC2=O)cc1. The lowest BCUT2D eigenvalue weighted by atomic mass is 9.74. The fraction of sp³-hybridized carbons (Fsp3) is 0.412. The summed E-state index contributed by atoms with van der Waals surface area (Å²) in [6.45, 7) is 0. The summed E-state index contributed by atoms with van der Waals surface area (Å²) in [5, 5.41) is 7.41. The molecule has 1 saturated carbocycles. The zero-order valence-corrected chi connectivity index (χ0v) is 11.6. The number of rotatable bonds is 2. The van der Waals surface area contributed by atoms with Gasteiger partial charge in [-0.05, 0) is 23.8 Å². The molecule has 1 aromatic carbocycles. The molecule has 0 heterocycles.